The van der Waals surface area contributed by atoms with E-state index in [9.17, 15) is 14.9 Å². The van der Waals surface area contributed by atoms with E-state index in [-0.39, 0.29) is 22.9 Å². The number of nitrogens with two attached hydrogens (primary N) is 1. The third kappa shape index (κ3) is 1.61. The number of aromatic nitrogens is 2. The van der Waals surface area contributed by atoms with Crippen molar-refractivity contribution < 1.29 is 9.15 Å². The fourth-order valence-corrected chi connectivity index (χ4v) is 2.13. The van der Waals surface area contributed by atoms with Crippen LogP contribution in [-0.4, -0.2) is 9.97 Å². The SMILES string of the molecule is N#CC1=C(N)Oc2[nH]c(=O)[nH]c(=O)c2C1c1ccco1. The maximum absolute atomic E-state index is 12.0. The molecule has 2 aromatic heterocycles. The van der Waals surface area contributed by atoms with Crippen molar-refractivity contribution in [2.24, 2.45) is 5.73 Å². The van der Waals surface area contributed by atoms with Crippen molar-refractivity contribution in [1.29, 1.82) is 5.26 Å². The van der Waals surface area contributed by atoms with Crippen LogP contribution < -0.4 is 21.7 Å². The number of nitrogens with one attached hydrogen (secondary N) is 2. The highest BCUT2D eigenvalue weighted by Crippen LogP contribution is 2.38. The molecule has 1 atom stereocenters. The number of furan rings is 1. The van der Waals surface area contributed by atoms with Crippen LogP contribution in [0.3, 0.4) is 0 Å². The Balaban J connectivity index is 2.35. The summed E-state index contributed by atoms with van der Waals surface area (Å²) in [5.41, 5.74) is 4.40. The predicted octanol–water partition coefficient (Wildman–Crippen LogP) is -0.126. The second-order valence-corrected chi connectivity index (χ2v) is 4.09. The first kappa shape index (κ1) is 11.9. The van der Waals surface area contributed by atoms with E-state index in [1.54, 1.807) is 12.1 Å². The van der Waals surface area contributed by atoms with Crippen LogP contribution in [0.2, 0.25) is 0 Å². The molecule has 8 heteroatoms. The minimum absolute atomic E-state index is 0.0463. The number of hydrogen-bond acceptors (Lipinski definition) is 6. The number of H-pyrrole nitrogens is 2. The number of ether oxygens (including phenoxy) is 1. The molecule has 0 saturated heterocycles. The van der Waals surface area contributed by atoms with Crippen LogP contribution in [0.15, 0.2) is 43.9 Å². The van der Waals surface area contributed by atoms with Gasteiger partial charge in [0.1, 0.15) is 17.4 Å². The Kier molecular flexibility index (Phi) is 2.47. The maximum Gasteiger partial charge on any atom is 0.328 e. The Morgan fingerprint density at radius 2 is 2.15 bits per heavy atom. The van der Waals surface area contributed by atoms with Gasteiger partial charge in [-0.1, -0.05) is 0 Å². The Hall–Kier alpha value is -3.21. The number of allylic oxidation sites excluding steroid dienone is 1. The molecule has 4 N–H and O–H groups in total. The minimum atomic E-state index is -0.820. The molecule has 1 unspecified atom stereocenters. The van der Waals surface area contributed by atoms with E-state index in [0.717, 1.165) is 0 Å². The van der Waals surface area contributed by atoms with Crippen LogP contribution in [0.5, 0.6) is 5.88 Å². The van der Waals surface area contributed by atoms with Crippen molar-refractivity contribution in [3.8, 4) is 11.9 Å². The molecule has 0 radical (unpaired) electrons. The van der Waals surface area contributed by atoms with Crippen LogP contribution in [0.25, 0.3) is 0 Å². The van der Waals surface area contributed by atoms with Crippen LogP contribution in [0.1, 0.15) is 17.2 Å². The molecular weight excluding hydrogens is 264 g/mol. The van der Waals surface area contributed by atoms with Crippen molar-refractivity contribution in [3.63, 3.8) is 0 Å². The van der Waals surface area contributed by atoms with E-state index < -0.39 is 17.2 Å². The molecule has 0 spiro atoms. The number of hydrogen-bond donors (Lipinski definition) is 3. The fourth-order valence-electron chi connectivity index (χ4n) is 2.13. The van der Waals surface area contributed by atoms with Crippen molar-refractivity contribution in [3.05, 3.63) is 62.0 Å². The van der Waals surface area contributed by atoms with Gasteiger partial charge in [-0.25, -0.2) is 4.79 Å². The third-order valence-electron chi connectivity index (χ3n) is 2.95. The molecule has 0 fully saturated rings. The fraction of sp³-hybridized carbons (Fsp3) is 0.0833. The van der Waals surface area contributed by atoms with E-state index in [0.29, 0.717) is 5.76 Å². The quantitative estimate of drug-likeness (QED) is 0.661. The second-order valence-electron chi connectivity index (χ2n) is 4.09. The summed E-state index contributed by atoms with van der Waals surface area (Å²) in [7, 11) is 0. The Morgan fingerprint density at radius 1 is 1.35 bits per heavy atom. The monoisotopic (exact) mass is 272 g/mol. The summed E-state index contributed by atoms with van der Waals surface area (Å²) < 4.78 is 10.4. The molecule has 1 aliphatic heterocycles. The molecule has 0 bridgehead atoms. The zero-order chi connectivity index (χ0) is 14.3. The Labute approximate surface area is 111 Å². The highest BCUT2D eigenvalue weighted by atomic mass is 16.5. The van der Waals surface area contributed by atoms with Gasteiger partial charge >= 0.3 is 5.69 Å². The Morgan fingerprint density at radius 3 is 2.80 bits per heavy atom. The Bertz CT molecular complexity index is 851. The first-order valence-electron chi connectivity index (χ1n) is 5.59. The van der Waals surface area contributed by atoms with Crippen molar-refractivity contribution >= 4 is 0 Å². The molecule has 0 aliphatic carbocycles. The average molecular weight is 272 g/mol. The van der Waals surface area contributed by atoms with Gasteiger partial charge in [-0.3, -0.25) is 14.8 Å². The van der Waals surface area contributed by atoms with Gasteiger partial charge in [0, 0.05) is 0 Å². The number of aromatic amines is 2. The lowest BCUT2D eigenvalue weighted by Gasteiger charge is -2.22. The molecule has 3 heterocycles. The zero-order valence-corrected chi connectivity index (χ0v) is 9.97. The topological polar surface area (TPSA) is 138 Å². The van der Waals surface area contributed by atoms with Crippen LogP contribution in [-0.2, 0) is 0 Å². The van der Waals surface area contributed by atoms with E-state index in [1.807, 2.05) is 6.07 Å². The molecule has 3 rings (SSSR count). The zero-order valence-electron chi connectivity index (χ0n) is 9.97. The van der Waals surface area contributed by atoms with Crippen LogP contribution in [0.4, 0.5) is 0 Å². The molecule has 20 heavy (non-hydrogen) atoms. The lowest BCUT2D eigenvalue weighted by atomic mass is 9.89. The molecule has 100 valence electrons. The number of nitrogens with zero attached hydrogens (tertiary/aromatic N) is 1. The molecule has 0 amide bonds. The number of fused-ring (bicyclic) bond motifs is 1. The summed E-state index contributed by atoms with van der Waals surface area (Å²) in [5, 5.41) is 9.21. The van der Waals surface area contributed by atoms with Crippen LogP contribution >= 0.6 is 0 Å². The summed E-state index contributed by atoms with van der Waals surface area (Å²) in [5.74, 6) is -0.731. The minimum Gasteiger partial charge on any atom is -0.468 e. The lowest BCUT2D eigenvalue weighted by molar-refractivity contribution is 0.365. The molecule has 1 aliphatic rings. The predicted molar refractivity (Wildman–Crippen MR) is 65.7 cm³/mol. The van der Waals surface area contributed by atoms with Gasteiger partial charge in [-0.15, -0.1) is 0 Å². The van der Waals surface area contributed by atoms with Crippen molar-refractivity contribution in [1.82, 2.24) is 9.97 Å². The largest absolute Gasteiger partial charge is 0.468 e. The van der Waals surface area contributed by atoms with Crippen LogP contribution in [0, 0.1) is 11.3 Å². The van der Waals surface area contributed by atoms with E-state index in [2.05, 4.69) is 9.97 Å². The highest BCUT2D eigenvalue weighted by molar-refractivity contribution is 5.50. The van der Waals surface area contributed by atoms with Gasteiger partial charge in [0.2, 0.25) is 11.8 Å². The van der Waals surface area contributed by atoms with Gasteiger partial charge in [-0.05, 0) is 12.1 Å². The maximum atomic E-state index is 12.0. The molecule has 0 aromatic carbocycles. The summed E-state index contributed by atoms with van der Waals surface area (Å²) >= 11 is 0. The smallest absolute Gasteiger partial charge is 0.328 e. The molecular formula is C12H8N4O4. The van der Waals surface area contributed by atoms with Crippen molar-refractivity contribution in [2.45, 2.75) is 5.92 Å². The highest BCUT2D eigenvalue weighted by Gasteiger charge is 2.35. The summed E-state index contributed by atoms with van der Waals surface area (Å²) in [6, 6.07) is 5.13. The lowest BCUT2D eigenvalue weighted by Crippen LogP contribution is -2.33. The first-order chi connectivity index (χ1) is 9.61. The summed E-state index contributed by atoms with van der Waals surface area (Å²) in [6.45, 7) is 0. The van der Waals surface area contributed by atoms with Gasteiger partial charge < -0.3 is 14.9 Å². The van der Waals surface area contributed by atoms with E-state index in [4.69, 9.17) is 14.9 Å². The first-order valence-corrected chi connectivity index (χ1v) is 5.59. The average Bonchev–Trinajstić information content (AvgIpc) is 2.90. The number of rotatable bonds is 1. The van der Waals surface area contributed by atoms with Crippen molar-refractivity contribution in [2.75, 3.05) is 0 Å². The third-order valence-corrected chi connectivity index (χ3v) is 2.95. The molecule has 2 aromatic rings. The van der Waals surface area contributed by atoms with Gasteiger partial charge in [-0.2, -0.15) is 5.26 Å². The van der Waals surface area contributed by atoms with Gasteiger partial charge in [0.25, 0.3) is 5.56 Å². The normalized spacial score (nSPS) is 17.2. The molecule has 0 saturated carbocycles. The van der Waals surface area contributed by atoms with E-state index in [1.165, 1.54) is 6.26 Å². The van der Waals surface area contributed by atoms with Gasteiger partial charge in [0.05, 0.1) is 17.7 Å². The number of nitriles is 1. The summed E-state index contributed by atoms with van der Waals surface area (Å²) in [6.07, 6.45) is 1.41. The summed E-state index contributed by atoms with van der Waals surface area (Å²) in [4.78, 5) is 27.7. The van der Waals surface area contributed by atoms with Gasteiger partial charge in [0.15, 0.2) is 0 Å². The van der Waals surface area contributed by atoms with E-state index >= 15 is 0 Å². The standard InChI is InChI=1S/C12H8N4O4/c13-4-5-7(6-2-1-3-19-6)8-10(17)15-12(18)16-11(8)20-9(5)14/h1-3,7H,14H2,(H2,15,16,17,18). The second kappa shape index (κ2) is 4.17. The molecule has 8 nitrogen and oxygen atoms in total.